The van der Waals surface area contributed by atoms with E-state index in [-0.39, 0.29) is 0 Å². The molecule has 7 heteroatoms. The van der Waals surface area contributed by atoms with Crippen LogP contribution in [0.25, 0.3) is 33.8 Å². The van der Waals surface area contributed by atoms with Gasteiger partial charge in [0.05, 0.1) is 23.3 Å². The van der Waals surface area contributed by atoms with Gasteiger partial charge in [0.1, 0.15) is 0 Å². The van der Waals surface area contributed by atoms with Crippen molar-refractivity contribution in [1.29, 1.82) is 0 Å². The van der Waals surface area contributed by atoms with Crippen molar-refractivity contribution >= 4 is 6.41 Å². The lowest BCUT2D eigenvalue weighted by Crippen LogP contribution is -2.33. The lowest BCUT2D eigenvalue weighted by Gasteiger charge is -2.20. The summed E-state index contributed by atoms with van der Waals surface area (Å²) in [6, 6.07) is 18.7. The summed E-state index contributed by atoms with van der Waals surface area (Å²) < 4.78 is 5.09. The highest BCUT2D eigenvalue weighted by atomic mass is 16.5. The first-order chi connectivity index (χ1) is 16.2. The van der Waals surface area contributed by atoms with Gasteiger partial charge in [0.15, 0.2) is 0 Å². The minimum atomic E-state index is 0.358. The number of aryl methyl sites for hydroxylation is 1. The van der Waals surface area contributed by atoms with Crippen molar-refractivity contribution in [2.45, 2.75) is 25.8 Å². The summed E-state index contributed by atoms with van der Waals surface area (Å²) in [6.07, 6.45) is 8.12. The van der Waals surface area contributed by atoms with Crippen molar-refractivity contribution in [2.75, 3.05) is 13.2 Å². The topological polar surface area (TPSA) is 92.8 Å². The Kier molecular flexibility index (Phi) is 7.56. The van der Waals surface area contributed by atoms with Gasteiger partial charge in [0.25, 0.3) is 0 Å². The van der Waals surface area contributed by atoms with E-state index in [0.717, 1.165) is 66.2 Å². The summed E-state index contributed by atoms with van der Waals surface area (Å²) in [6.45, 7) is 3.65. The molecule has 0 unspecified atom stereocenters. The van der Waals surface area contributed by atoms with Crippen LogP contribution < -0.4 is 5.32 Å². The lowest BCUT2D eigenvalue weighted by atomic mass is 10.0. The first-order valence-corrected chi connectivity index (χ1v) is 11.0. The number of ether oxygens (including phenoxy) is 1. The number of carbonyl (C=O) groups excluding carboxylic acids is 1. The Labute approximate surface area is 193 Å². The minimum absolute atomic E-state index is 0.358. The number of nitrogens with one attached hydrogen (secondary N) is 2. The molecule has 1 aliphatic rings. The quantitative estimate of drug-likeness (QED) is 0.447. The molecule has 7 nitrogen and oxygen atoms in total. The molecule has 0 saturated carbocycles. The molecule has 1 amide bonds. The van der Waals surface area contributed by atoms with Crippen LogP contribution in [0.1, 0.15) is 18.4 Å². The Morgan fingerprint density at radius 3 is 2.48 bits per heavy atom. The molecule has 2 N–H and O–H groups in total. The average molecular weight is 442 g/mol. The summed E-state index contributed by atoms with van der Waals surface area (Å²) in [5.41, 5.74) is 7.16. The highest BCUT2D eigenvalue weighted by Crippen LogP contribution is 2.30. The van der Waals surface area contributed by atoms with E-state index < -0.39 is 0 Å². The predicted octanol–water partition coefficient (Wildman–Crippen LogP) is 4.42. The van der Waals surface area contributed by atoms with Crippen LogP contribution in [0.15, 0.2) is 73.2 Å². The molecule has 4 aromatic rings. The Hall–Kier alpha value is -3.84. The van der Waals surface area contributed by atoms with E-state index in [1.165, 1.54) is 5.56 Å². The van der Waals surface area contributed by atoms with Crippen LogP contribution in [0.3, 0.4) is 0 Å². The van der Waals surface area contributed by atoms with Crippen molar-refractivity contribution in [3.05, 3.63) is 78.8 Å². The normalized spacial score (nSPS) is 13.6. The first kappa shape index (κ1) is 22.4. The summed E-state index contributed by atoms with van der Waals surface area (Å²) in [5, 5.41) is 9.98. The van der Waals surface area contributed by atoms with E-state index in [4.69, 9.17) is 4.74 Å². The van der Waals surface area contributed by atoms with Crippen LogP contribution in [0.4, 0.5) is 0 Å². The predicted molar refractivity (Wildman–Crippen MR) is 128 cm³/mol. The van der Waals surface area contributed by atoms with Crippen LogP contribution in [0.2, 0.25) is 0 Å². The summed E-state index contributed by atoms with van der Waals surface area (Å²) >= 11 is 0. The summed E-state index contributed by atoms with van der Waals surface area (Å²) in [4.78, 5) is 18.8. The Morgan fingerprint density at radius 2 is 1.76 bits per heavy atom. The number of carbonyl (C=O) groups is 1. The molecule has 5 rings (SSSR count). The number of hydrogen-bond donors (Lipinski definition) is 2. The van der Waals surface area contributed by atoms with Crippen LogP contribution in [0.5, 0.6) is 0 Å². The first-order valence-electron chi connectivity index (χ1n) is 11.0. The SMILES string of the molecule is Cc1ccc(-c2cc(-c3cn[nH]c3-c3ccccn3)ccn2)cc1.O=CNC1CCOCC1. The molecule has 1 fully saturated rings. The highest BCUT2D eigenvalue weighted by molar-refractivity contribution is 5.80. The molecule has 1 aromatic carbocycles. The Morgan fingerprint density at radius 1 is 0.970 bits per heavy atom. The molecule has 1 saturated heterocycles. The maximum Gasteiger partial charge on any atom is 0.207 e. The van der Waals surface area contributed by atoms with Crippen molar-refractivity contribution in [3.8, 4) is 33.8 Å². The monoisotopic (exact) mass is 441 g/mol. The second kappa shape index (κ2) is 11.2. The molecule has 1 aliphatic heterocycles. The van der Waals surface area contributed by atoms with Gasteiger partial charge in [-0.15, -0.1) is 0 Å². The van der Waals surface area contributed by atoms with Gasteiger partial charge in [-0.05, 0) is 49.6 Å². The van der Waals surface area contributed by atoms with E-state index >= 15 is 0 Å². The van der Waals surface area contributed by atoms with E-state index in [1.807, 2.05) is 36.7 Å². The fourth-order valence-corrected chi connectivity index (χ4v) is 3.65. The fraction of sp³-hybridized carbons (Fsp3) is 0.231. The third-order valence-electron chi connectivity index (χ3n) is 5.50. The van der Waals surface area contributed by atoms with Crippen LogP contribution in [0, 0.1) is 6.92 Å². The summed E-state index contributed by atoms with van der Waals surface area (Å²) in [7, 11) is 0. The van der Waals surface area contributed by atoms with Gasteiger partial charge in [0, 0.05) is 42.8 Å². The van der Waals surface area contributed by atoms with Crippen molar-refractivity contribution in [2.24, 2.45) is 0 Å². The highest BCUT2D eigenvalue weighted by Gasteiger charge is 2.12. The van der Waals surface area contributed by atoms with Crippen LogP contribution >= 0.6 is 0 Å². The number of nitrogens with zero attached hydrogens (tertiary/aromatic N) is 3. The molecule has 0 bridgehead atoms. The molecular weight excluding hydrogens is 414 g/mol. The molecule has 0 atom stereocenters. The van der Waals surface area contributed by atoms with Gasteiger partial charge in [-0.3, -0.25) is 19.9 Å². The van der Waals surface area contributed by atoms with Crippen molar-refractivity contribution < 1.29 is 9.53 Å². The maximum atomic E-state index is 9.92. The smallest absolute Gasteiger partial charge is 0.207 e. The number of benzene rings is 1. The minimum Gasteiger partial charge on any atom is -0.381 e. The van der Waals surface area contributed by atoms with Gasteiger partial charge in [0.2, 0.25) is 6.41 Å². The van der Waals surface area contributed by atoms with Crippen molar-refractivity contribution in [3.63, 3.8) is 0 Å². The number of aromatic nitrogens is 4. The number of H-pyrrole nitrogens is 1. The number of rotatable bonds is 5. The van der Waals surface area contributed by atoms with E-state index in [1.54, 1.807) is 6.20 Å². The average Bonchev–Trinajstić information content (AvgIpc) is 3.37. The molecule has 33 heavy (non-hydrogen) atoms. The zero-order chi connectivity index (χ0) is 22.9. The van der Waals surface area contributed by atoms with Gasteiger partial charge in [-0.1, -0.05) is 35.9 Å². The molecule has 4 heterocycles. The van der Waals surface area contributed by atoms with Crippen molar-refractivity contribution in [1.82, 2.24) is 25.5 Å². The largest absolute Gasteiger partial charge is 0.381 e. The second-order valence-electron chi connectivity index (χ2n) is 7.84. The van der Waals surface area contributed by atoms with E-state index in [0.29, 0.717) is 6.04 Å². The third-order valence-corrected chi connectivity index (χ3v) is 5.50. The lowest BCUT2D eigenvalue weighted by molar-refractivity contribution is -0.110. The molecule has 168 valence electrons. The number of pyridine rings is 2. The van der Waals surface area contributed by atoms with Gasteiger partial charge in [-0.2, -0.15) is 5.10 Å². The molecular formula is C26H27N5O2. The van der Waals surface area contributed by atoms with Crippen LogP contribution in [-0.4, -0.2) is 45.8 Å². The van der Waals surface area contributed by atoms with Gasteiger partial charge >= 0.3 is 0 Å². The maximum absolute atomic E-state index is 9.92. The Balaban J connectivity index is 0.000000243. The van der Waals surface area contributed by atoms with Crippen LogP contribution in [-0.2, 0) is 9.53 Å². The Bertz CT molecular complexity index is 1150. The third kappa shape index (κ3) is 5.90. The zero-order valence-electron chi connectivity index (χ0n) is 18.6. The van der Waals surface area contributed by atoms with E-state index in [9.17, 15) is 4.79 Å². The molecule has 0 radical (unpaired) electrons. The fourth-order valence-electron chi connectivity index (χ4n) is 3.65. The second-order valence-corrected chi connectivity index (χ2v) is 7.84. The zero-order valence-corrected chi connectivity index (χ0v) is 18.6. The number of hydrogen-bond acceptors (Lipinski definition) is 5. The summed E-state index contributed by atoms with van der Waals surface area (Å²) in [5.74, 6) is 0. The van der Waals surface area contributed by atoms with Gasteiger partial charge < -0.3 is 10.1 Å². The number of aromatic amines is 1. The number of amides is 1. The van der Waals surface area contributed by atoms with Gasteiger partial charge in [-0.25, -0.2) is 0 Å². The molecule has 3 aromatic heterocycles. The standard InChI is InChI=1S/C20H16N4.C6H11NO2/c1-14-5-7-15(8-6-14)19-12-16(9-11-22-19)17-13-23-24-20(17)18-4-2-3-10-21-18;8-5-7-6-1-3-9-4-2-6/h2-13H,1H3,(H,23,24);5-6H,1-4H2,(H,7,8). The van der Waals surface area contributed by atoms with E-state index in [2.05, 4.69) is 62.7 Å². The molecule has 0 aliphatic carbocycles. The molecule has 0 spiro atoms.